The molecule has 0 radical (unpaired) electrons. The molecule has 0 unspecified atom stereocenters. The van der Waals surface area contributed by atoms with Gasteiger partial charge >= 0.3 is 0 Å². The van der Waals surface area contributed by atoms with Crippen molar-refractivity contribution in [2.45, 2.75) is 11.8 Å². The quantitative estimate of drug-likeness (QED) is 0.849. The summed E-state index contributed by atoms with van der Waals surface area (Å²) in [5.41, 5.74) is 1.65. The number of aryl methyl sites for hydroxylation is 1. The lowest BCUT2D eigenvalue weighted by Crippen LogP contribution is -2.34. The van der Waals surface area contributed by atoms with E-state index in [1.165, 1.54) is 12.1 Å². The van der Waals surface area contributed by atoms with Gasteiger partial charge in [-0.25, -0.2) is 8.42 Å². The van der Waals surface area contributed by atoms with Gasteiger partial charge < -0.3 is 5.32 Å². The van der Waals surface area contributed by atoms with Gasteiger partial charge in [0.05, 0.1) is 4.90 Å². The molecule has 0 aliphatic carbocycles. The van der Waals surface area contributed by atoms with E-state index in [1.807, 2.05) is 6.92 Å². The van der Waals surface area contributed by atoms with Crippen molar-refractivity contribution in [1.29, 1.82) is 0 Å². The number of hydrogen-bond acceptors (Lipinski definition) is 4. The summed E-state index contributed by atoms with van der Waals surface area (Å²) < 4.78 is 26.5. The summed E-state index contributed by atoms with van der Waals surface area (Å²) in [6.07, 6.45) is 3.17. The van der Waals surface area contributed by atoms with E-state index in [0.29, 0.717) is 5.69 Å². The number of nitrogens with one attached hydrogen (secondary N) is 2. The standard InChI is InChI=1S/C13H13N3O2S2/c1-10-2-4-12(5-3-10)20(17,18)16-13(19)15-11-6-8-14-9-7-11/h2-9H,1H3,(H2,14,15,16,19). The first-order chi connectivity index (χ1) is 9.47. The molecule has 0 spiro atoms. The summed E-state index contributed by atoms with van der Waals surface area (Å²) in [6, 6.07) is 9.90. The Balaban J connectivity index is 2.08. The number of benzene rings is 1. The van der Waals surface area contributed by atoms with E-state index in [2.05, 4.69) is 15.0 Å². The van der Waals surface area contributed by atoms with Gasteiger partial charge in [0, 0.05) is 18.1 Å². The molecule has 0 aliphatic rings. The highest BCUT2D eigenvalue weighted by Crippen LogP contribution is 2.10. The molecule has 0 fully saturated rings. The molecular weight excluding hydrogens is 294 g/mol. The summed E-state index contributed by atoms with van der Waals surface area (Å²) in [6.45, 7) is 1.89. The van der Waals surface area contributed by atoms with Crippen molar-refractivity contribution >= 4 is 33.0 Å². The Kier molecular flexibility index (Phi) is 4.31. The van der Waals surface area contributed by atoms with E-state index in [-0.39, 0.29) is 10.0 Å². The van der Waals surface area contributed by atoms with Crippen LogP contribution in [0.3, 0.4) is 0 Å². The summed E-state index contributed by atoms with van der Waals surface area (Å²) in [4.78, 5) is 4.03. The number of aromatic nitrogens is 1. The zero-order valence-electron chi connectivity index (χ0n) is 10.7. The van der Waals surface area contributed by atoms with E-state index in [9.17, 15) is 8.42 Å². The normalized spacial score (nSPS) is 10.8. The molecule has 0 saturated heterocycles. The first-order valence-corrected chi connectivity index (χ1v) is 7.67. The maximum absolute atomic E-state index is 12.1. The molecular formula is C13H13N3O2S2. The van der Waals surface area contributed by atoms with Crippen LogP contribution in [0.2, 0.25) is 0 Å². The van der Waals surface area contributed by atoms with Crippen LogP contribution in [0.15, 0.2) is 53.7 Å². The van der Waals surface area contributed by atoms with Crippen LogP contribution in [0.5, 0.6) is 0 Å². The average Bonchev–Trinajstić information content (AvgIpc) is 2.39. The van der Waals surface area contributed by atoms with Crippen molar-refractivity contribution in [2.75, 3.05) is 5.32 Å². The van der Waals surface area contributed by atoms with Crippen LogP contribution in [0.4, 0.5) is 5.69 Å². The third-order valence-electron chi connectivity index (χ3n) is 2.50. The first-order valence-electron chi connectivity index (χ1n) is 5.78. The molecule has 5 nitrogen and oxygen atoms in total. The predicted octanol–water partition coefficient (Wildman–Crippen LogP) is 2.07. The highest BCUT2D eigenvalue weighted by atomic mass is 32.2. The molecule has 2 aromatic rings. The Morgan fingerprint density at radius 1 is 1.10 bits per heavy atom. The fourth-order valence-corrected chi connectivity index (χ4v) is 2.84. The van der Waals surface area contributed by atoms with Gasteiger partial charge in [-0.15, -0.1) is 0 Å². The molecule has 0 bridgehead atoms. The van der Waals surface area contributed by atoms with E-state index < -0.39 is 10.0 Å². The van der Waals surface area contributed by atoms with Gasteiger partial charge in [-0.05, 0) is 43.4 Å². The van der Waals surface area contributed by atoms with Gasteiger partial charge in [-0.3, -0.25) is 9.71 Å². The Morgan fingerprint density at radius 3 is 2.30 bits per heavy atom. The summed E-state index contributed by atoms with van der Waals surface area (Å²) in [5.74, 6) is 0. The molecule has 1 aromatic carbocycles. The van der Waals surface area contributed by atoms with Crippen molar-refractivity contribution in [3.05, 3.63) is 54.4 Å². The largest absolute Gasteiger partial charge is 0.332 e. The molecule has 104 valence electrons. The first kappa shape index (κ1) is 14.4. The van der Waals surface area contributed by atoms with Crippen molar-refractivity contribution in [3.63, 3.8) is 0 Å². The van der Waals surface area contributed by atoms with Gasteiger partial charge in [0.2, 0.25) is 0 Å². The van der Waals surface area contributed by atoms with Crippen LogP contribution in [-0.2, 0) is 10.0 Å². The van der Waals surface area contributed by atoms with Crippen molar-refractivity contribution in [2.24, 2.45) is 0 Å². The second-order valence-corrected chi connectivity index (χ2v) is 6.20. The molecule has 0 atom stereocenters. The third-order valence-corrected chi connectivity index (χ3v) is 4.20. The van der Waals surface area contributed by atoms with Crippen LogP contribution < -0.4 is 10.0 Å². The molecule has 0 amide bonds. The van der Waals surface area contributed by atoms with Crippen LogP contribution in [-0.4, -0.2) is 18.5 Å². The highest BCUT2D eigenvalue weighted by Gasteiger charge is 2.15. The number of rotatable bonds is 3. The fourth-order valence-electron chi connectivity index (χ4n) is 1.49. The number of sulfonamides is 1. The monoisotopic (exact) mass is 307 g/mol. The van der Waals surface area contributed by atoms with Gasteiger partial charge in [0.25, 0.3) is 10.0 Å². The summed E-state index contributed by atoms with van der Waals surface area (Å²) in [5, 5.41) is 2.79. The van der Waals surface area contributed by atoms with Crippen molar-refractivity contribution in [3.8, 4) is 0 Å². The maximum atomic E-state index is 12.1. The second kappa shape index (κ2) is 5.98. The highest BCUT2D eigenvalue weighted by molar-refractivity contribution is 7.92. The van der Waals surface area contributed by atoms with Gasteiger partial charge in [-0.2, -0.15) is 0 Å². The molecule has 20 heavy (non-hydrogen) atoms. The SMILES string of the molecule is Cc1ccc(S(=O)(=O)NC(=S)Nc2ccncc2)cc1. The predicted molar refractivity (Wildman–Crippen MR) is 82.0 cm³/mol. The minimum Gasteiger partial charge on any atom is -0.332 e. The van der Waals surface area contributed by atoms with E-state index in [0.717, 1.165) is 5.56 Å². The van der Waals surface area contributed by atoms with E-state index in [1.54, 1.807) is 36.7 Å². The maximum Gasteiger partial charge on any atom is 0.263 e. The molecule has 1 heterocycles. The number of pyridine rings is 1. The van der Waals surface area contributed by atoms with Crippen LogP contribution in [0, 0.1) is 6.92 Å². The average molecular weight is 307 g/mol. The minimum atomic E-state index is -3.67. The molecule has 0 saturated carbocycles. The smallest absolute Gasteiger partial charge is 0.263 e. The molecule has 0 aliphatic heterocycles. The number of nitrogens with zero attached hydrogens (tertiary/aromatic N) is 1. The van der Waals surface area contributed by atoms with E-state index in [4.69, 9.17) is 12.2 Å². The van der Waals surface area contributed by atoms with Crippen LogP contribution >= 0.6 is 12.2 Å². The van der Waals surface area contributed by atoms with Gasteiger partial charge in [0.15, 0.2) is 5.11 Å². The molecule has 2 N–H and O–H groups in total. The number of hydrogen-bond donors (Lipinski definition) is 2. The number of anilines is 1. The van der Waals surface area contributed by atoms with Crippen LogP contribution in [0.1, 0.15) is 5.56 Å². The minimum absolute atomic E-state index is 0.0109. The Labute approximate surface area is 123 Å². The third kappa shape index (κ3) is 3.75. The van der Waals surface area contributed by atoms with Crippen molar-refractivity contribution < 1.29 is 8.42 Å². The molecule has 2 rings (SSSR count). The van der Waals surface area contributed by atoms with E-state index >= 15 is 0 Å². The lowest BCUT2D eigenvalue weighted by Gasteiger charge is -2.11. The zero-order chi connectivity index (χ0) is 14.6. The Morgan fingerprint density at radius 2 is 1.70 bits per heavy atom. The summed E-state index contributed by atoms with van der Waals surface area (Å²) in [7, 11) is -3.67. The van der Waals surface area contributed by atoms with Crippen molar-refractivity contribution in [1.82, 2.24) is 9.71 Å². The van der Waals surface area contributed by atoms with Gasteiger partial charge in [-0.1, -0.05) is 17.7 Å². The molecule has 1 aromatic heterocycles. The van der Waals surface area contributed by atoms with Gasteiger partial charge in [0.1, 0.15) is 0 Å². The lowest BCUT2D eigenvalue weighted by molar-refractivity contribution is 0.593. The number of thiocarbonyl (C=S) groups is 1. The second-order valence-electron chi connectivity index (χ2n) is 4.11. The lowest BCUT2D eigenvalue weighted by atomic mass is 10.2. The fraction of sp³-hybridized carbons (Fsp3) is 0.0769. The zero-order valence-corrected chi connectivity index (χ0v) is 12.3. The Bertz CT molecular complexity index is 698. The Hall–Kier alpha value is -1.99. The van der Waals surface area contributed by atoms with Crippen LogP contribution in [0.25, 0.3) is 0 Å². The molecule has 7 heteroatoms. The summed E-state index contributed by atoms with van der Waals surface area (Å²) >= 11 is 4.99. The topological polar surface area (TPSA) is 71.1 Å².